The van der Waals surface area contributed by atoms with Crippen molar-refractivity contribution >= 4 is 39.1 Å². The predicted molar refractivity (Wildman–Crippen MR) is 135 cm³/mol. The normalized spacial score (nSPS) is 16.4. The second-order valence-corrected chi connectivity index (χ2v) is 11.7. The molecule has 5 rings (SSSR count). The molecule has 0 amide bonds. The zero-order valence-electron chi connectivity index (χ0n) is 19.6. The second kappa shape index (κ2) is 9.24. The van der Waals surface area contributed by atoms with Crippen molar-refractivity contribution in [2.24, 2.45) is 11.8 Å². The third kappa shape index (κ3) is 4.24. The maximum Gasteiger partial charge on any atom is 0.264 e. The first-order chi connectivity index (χ1) is 15.9. The molecule has 1 atom stereocenters. The van der Waals surface area contributed by atoms with Gasteiger partial charge in [-0.2, -0.15) is 0 Å². The topological polar surface area (TPSA) is 61.4 Å². The minimum atomic E-state index is 0.0226. The van der Waals surface area contributed by atoms with E-state index >= 15 is 0 Å². The fourth-order valence-corrected chi connectivity index (χ4v) is 6.78. The zero-order chi connectivity index (χ0) is 23.1. The number of ether oxygens (including phenoxy) is 1. The lowest BCUT2D eigenvalue weighted by Crippen LogP contribution is -2.28. The summed E-state index contributed by atoms with van der Waals surface area (Å²) in [5, 5.41) is 10.7. The molecule has 174 valence electrons. The number of hydrogen-bond acceptors (Lipinski definition) is 6. The van der Waals surface area contributed by atoms with Crippen LogP contribution in [0.1, 0.15) is 50.1 Å². The molecule has 0 spiro atoms. The van der Waals surface area contributed by atoms with Gasteiger partial charge in [0.05, 0.1) is 24.6 Å². The van der Waals surface area contributed by atoms with Crippen LogP contribution in [0.25, 0.3) is 16.0 Å². The first-order valence-corrected chi connectivity index (χ1v) is 13.4. The molecule has 3 aromatic heterocycles. The largest absolute Gasteiger partial charge is 0.372 e. The first-order valence-electron chi connectivity index (χ1n) is 11.6. The average Bonchev–Trinajstić information content (AvgIpc) is 3.38. The van der Waals surface area contributed by atoms with E-state index in [1.807, 2.05) is 30.3 Å². The van der Waals surface area contributed by atoms with E-state index in [-0.39, 0.29) is 11.7 Å². The van der Waals surface area contributed by atoms with Crippen LogP contribution in [0.2, 0.25) is 0 Å². The first kappa shape index (κ1) is 22.6. The van der Waals surface area contributed by atoms with Gasteiger partial charge < -0.3 is 4.74 Å². The minimum absolute atomic E-state index is 0.0226. The molecule has 1 aromatic carbocycles. The van der Waals surface area contributed by atoms with Gasteiger partial charge in [0.25, 0.3) is 5.56 Å². The third-order valence-corrected chi connectivity index (χ3v) is 8.43. The zero-order valence-corrected chi connectivity index (χ0v) is 21.2. The molecule has 0 N–H and O–H groups in total. The standard InChI is InChI=1S/C25H30N4O2S2/c1-15(2)10-11-32-25-27-26-24-28(13-17-8-6-5-7-9-17)22(30)21-18-12-19(16(3)4)31-14-20(18)33-23(21)29(24)25/h5-9,15-16,19H,10-14H2,1-4H3/t19-/m1/s1. The monoisotopic (exact) mass is 482 g/mol. The van der Waals surface area contributed by atoms with E-state index in [2.05, 4.69) is 42.3 Å². The molecule has 0 fully saturated rings. The molecule has 4 aromatic rings. The number of fused-ring (bicyclic) bond motifs is 5. The molecule has 0 saturated carbocycles. The highest BCUT2D eigenvalue weighted by Gasteiger charge is 2.29. The Labute approximate surface area is 202 Å². The molecule has 33 heavy (non-hydrogen) atoms. The number of thiophene rings is 1. The van der Waals surface area contributed by atoms with Gasteiger partial charge in [-0.25, -0.2) is 4.40 Å². The fourth-order valence-electron chi connectivity index (χ4n) is 4.31. The van der Waals surface area contributed by atoms with Crippen LogP contribution in [-0.2, 0) is 24.3 Å². The summed E-state index contributed by atoms with van der Waals surface area (Å²) in [6.45, 7) is 9.86. The minimum Gasteiger partial charge on any atom is -0.372 e. The van der Waals surface area contributed by atoms with Crippen LogP contribution in [0.4, 0.5) is 0 Å². The summed E-state index contributed by atoms with van der Waals surface area (Å²) in [5.41, 5.74) is 2.25. The van der Waals surface area contributed by atoms with Gasteiger partial charge in [0, 0.05) is 17.1 Å². The Hall–Kier alpha value is -2.16. The Balaban J connectivity index is 1.71. The van der Waals surface area contributed by atoms with E-state index in [0.29, 0.717) is 30.8 Å². The van der Waals surface area contributed by atoms with Crippen molar-refractivity contribution in [1.29, 1.82) is 0 Å². The van der Waals surface area contributed by atoms with Gasteiger partial charge in [-0.3, -0.25) is 9.36 Å². The van der Waals surface area contributed by atoms with Crippen molar-refractivity contribution in [1.82, 2.24) is 19.2 Å². The molecule has 0 bridgehead atoms. The van der Waals surface area contributed by atoms with Gasteiger partial charge in [0.2, 0.25) is 5.78 Å². The highest BCUT2D eigenvalue weighted by atomic mass is 32.2. The molecule has 0 radical (unpaired) electrons. The Morgan fingerprint density at radius 2 is 1.97 bits per heavy atom. The Morgan fingerprint density at radius 3 is 2.70 bits per heavy atom. The van der Waals surface area contributed by atoms with E-state index in [9.17, 15) is 4.79 Å². The van der Waals surface area contributed by atoms with E-state index in [1.54, 1.807) is 27.7 Å². The van der Waals surface area contributed by atoms with Crippen molar-refractivity contribution in [3.8, 4) is 0 Å². The summed E-state index contributed by atoms with van der Waals surface area (Å²) < 4.78 is 10.0. The molecule has 8 heteroatoms. The van der Waals surface area contributed by atoms with E-state index in [0.717, 1.165) is 50.0 Å². The Kier molecular flexibility index (Phi) is 6.33. The number of aromatic nitrogens is 4. The number of hydrogen-bond donors (Lipinski definition) is 0. The molecular formula is C25H30N4O2S2. The highest BCUT2D eigenvalue weighted by molar-refractivity contribution is 7.99. The maximum atomic E-state index is 13.9. The van der Waals surface area contributed by atoms with Crippen molar-refractivity contribution in [3.05, 3.63) is 56.7 Å². The smallest absolute Gasteiger partial charge is 0.264 e. The van der Waals surface area contributed by atoms with Gasteiger partial charge in [-0.1, -0.05) is 69.8 Å². The fraction of sp³-hybridized carbons (Fsp3) is 0.480. The van der Waals surface area contributed by atoms with Crippen LogP contribution in [0, 0.1) is 11.8 Å². The van der Waals surface area contributed by atoms with Crippen molar-refractivity contribution in [3.63, 3.8) is 0 Å². The summed E-state index contributed by atoms with van der Waals surface area (Å²) in [7, 11) is 0. The predicted octanol–water partition coefficient (Wildman–Crippen LogP) is 5.39. The summed E-state index contributed by atoms with van der Waals surface area (Å²) in [5.74, 6) is 2.62. The second-order valence-electron chi connectivity index (χ2n) is 9.51. The summed E-state index contributed by atoms with van der Waals surface area (Å²) in [6.07, 6.45) is 2.02. The third-order valence-electron chi connectivity index (χ3n) is 6.28. The number of thioether (sulfide) groups is 1. The Bertz CT molecular complexity index is 1340. The number of benzene rings is 1. The molecular weight excluding hydrogens is 452 g/mol. The SMILES string of the molecule is CC(C)CCSc1nnc2n(Cc3ccccc3)c(=O)c3c4c(sc3n12)CO[C@@H](C(C)C)C4. The van der Waals surface area contributed by atoms with Gasteiger partial charge in [-0.05, 0) is 29.4 Å². The number of rotatable bonds is 7. The van der Waals surface area contributed by atoms with Crippen molar-refractivity contribution in [2.75, 3.05) is 5.75 Å². The lowest BCUT2D eigenvalue weighted by atomic mass is 9.96. The van der Waals surface area contributed by atoms with Crippen LogP contribution in [0.3, 0.4) is 0 Å². The van der Waals surface area contributed by atoms with Gasteiger partial charge in [-0.15, -0.1) is 21.5 Å². The molecule has 4 heterocycles. The van der Waals surface area contributed by atoms with E-state index < -0.39 is 0 Å². The van der Waals surface area contributed by atoms with Crippen molar-refractivity contribution in [2.45, 2.75) is 64.9 Å². The summed E-state index contributed by atoms with van der Waals surface area (Å²) in [6, 6.07) is 10.1. The van der Waals surface area contributed by atoms with Crippen molar-refractivity contribution < 1.29 is 4.74 Å². The lowest BCUT2D eigenvalue weighted by Gasteiger charge is -2.26. The van der Waals surface area contributed by atoms with Crippen LogP contribution in [0.5, 0.6) is 0 Å². The molecule has 1 aliphatic heterocycles. The maximum absolute atomic E-state index is 13.9. The van der Waals surface area contributed by atoms with Crippen LogP contribution in [0.15, 0.2) is 40.3 Å². The highest BCUT2D eigenvalue weighted by Crippen LogP contribution is 2.37. The summed E-state index contributed by atoms with van der Waals surface area (Å²) >= 11 is 3.38. The molecule has 0 aliphatic carbocycles. The molecule has 0 saturated heterocycles. The van der Waals surface area contributed by atoms with Crippen LogP contribution >= 0.6 is 23.1 Å². The van der Waals surface area contributed by atoms with E-state index in [1.165, 1.54) is 0 Å². The van der Waals surface area contributed by atoms with Gasteiger partial charge in [0.1, 0.15) is 4.83 Å². The van der Waals surface area contributed by atoms with Gasteiger partial charge in [0.15, 0.2) is 5.16 Å². The number of nitrogens with zero attached hydrogens (tertiary/aromatic N) is 4. The van der Waals surface area contributed by atoms with Crippen LogP contribution in [-0.4, -0.2) is 31.0 Å². The van der Waals surface area contributed by atoms with Crippen LogP contribution < -0.4 is 5.56 Å². The molecule has 0 unspecified atom stereocenters. The lowest BCUT2D eigenvalue weighted by molar-refractivity contribution is 0.00200. The molecule has 6 nitrogen and oxygen atoms in total. The molecule has 1 aliphatic rings. The summed E-state index contributed by atoms with van der Waals surface area (Å²) in [4.78, 5) is 16.0. The Morgan fingerprint density at radius 1 is 1.18 bits per heavy atom. The quantitative estimate of drug-likeness (QED) is 0.331. The van der Waals surface area contributed by atoms with E-state index in [4.69, 9.17) is 4.74 Å². The average molecular weight is 483 g/mol. The van der Waals surface area contributed by atoms with Gasteiger partial charge >= 0.3 is 0 Å².